The zero-order chi connectivity index (χ0) is 11.3. The number of nitrogens with zero attached hydrogens (tertiary/aromatic N) is 1. The lowest BCUT2D eigenvalue weighted by Gasteiger charge is -2.41. The van der Waals surface area contributed by atoms with E-state index in [0.717, 1.165) is 26.3 Å². The van der Waals surface area contributed by atoms with Crippen LogP contribution in [0.15, 0.2) is 0 Å². The molecule has 1 fully saturated rings. The van der Waals surface area contributed by atoms with E-state index in [2.05, 4.69) is 25.7 Å². The number of nitrogens with two attached hydrogens (primary N) is 1. The van der Waals surface area contributed by atoms with Crippen molar-refractivity contribution in [2.24, 2.45) is 11.7 Å². The minimum Gasteiger partial charge on any atom is -0.379 e. The van der Waals surface area contributed by atoms with Crippen LogP contribution in [0.4, 0.5) is 0 Å². The predicted molar refractivity (Wildman–Crippen MR) is 63.9 cm³/mol. The summed E-state index contributed by atoms with van der Waals surface area (Å²) in [5, 5.41) is 0. The quantitative estimate of drug-likeness (QED) is 0.753. The Morgan fingerprint density at radius 3 is 2.80 bits per heavy atom. The van der Waals surface area contributed by atoms with Gasteiger partial charge in [0.15, 0.2) is 0 Å². The molecule has 0 spiro atoms. The van der Waals surface area contributed by atoms with E-state index in [1.54, 1.807) is 0 Å². The van der Waals surface area contributed by atoms with Crippen molar-refractivity contribution < 1.29 is 4.74 Å². The molecule has 1 aliphatic rings. The molecule has 3 unspecified atom stereocenters. The highest BCUT2D eigenvalue weighted by Crippen LogP contribution is 2.20. The Labute approximate surface area is 94.0 Å². The predicted octanol–water partition coefficient (Wildman–Crippen LogP) is 1.47. The Morgan fingerprint density at radius 2 is 2.27 bits per heavy atom. The van der Waals surface area contributed by atoms with Gasteiger partial charge in [-0.3, -0.25) is 4.90 Å². The van der Waals surface area contributed by atoms with E-state index in [4.69, 9.17) is 10.5 Å². The van der Waals surface area contributed by atoms with Crippen LogP contribution in [0.2, 0.25) is 0 Å². The molecular formula is C12H26N2O. The summed E-state index contributed by atoms with van der Waals surface area (Å²) < 4.78 is 5.46. The Kier molecular flexibility index (Phi) is 5.58. The number of hydrogen-bond acceptors (Lipinski definition) is 3. The molecular weight excluding hydrogens is 188 g/mol. The lowest BCUT2D eigenvalue weighted by atomic mass is 9.94. The molecule has 1 heterocycles. The second-order valence-electron chi connectivity index (χ2n) is 4.73. The van der Waals surface area contributed by atoms with Crippen LogP contribution in [0.3, 0.4) is 0 Å². The molecule has 90 valence electrons. The maximum atomic E-state index is 5.91. The molecule has 2 N–H and O–H groups in total. The first-order valence-electron chi connectivity index (χ1n) is 6.24. The van der Waals surface area contributed by atoms with Crippen LogP contribution in [0.5, 0.6) is 0 Å². The third-order valence-electron chi connectivity index (χ3n) is 3.49. The molecule has 3 heteroatoms. The minimum atomic E-state index is 0.520. The van der Waals surface area contributed by atoms with E-state index in [0.29, 0.717) is 18.0 Å². The lowest BCUT2D eigenvalue weighted by Crippen LogP contribution is -2.54. The van der Waals surface area contributed by atoms with E-state index < -0.39 is 0 Å². The van der Waals surface area contributed by atoms with Crippen LogP contribution in [0.25, 0.3) is 0 Å². The van der Waals surface area contributed by atoms with Crippen LogP contribution in [-0.2, 0) is 4.74 Å². The average Bonchev–Trinajstić information content (AvgIpc) is 2.22. The van der Waals surface area contributed by atoms with Crippen molar-refractivity contribution in [3.05, 3.63) is 0 Å². The summed E-state index contributed by atoms with van der Waals surface area (Å²) in [6, 6.07) is 1.05. The number of rotatable bonds is 5. The first-order valence-corrected chi connectivity index (χ1v) is 6.24. The van der Waals surface area contributed by atoms with Gasteiger partial charge < -0.3 is 10.5 Å². The highest BCUT2D eigenvalue weighted by Gasteiger charge is 2.28. The fourth-order valence-corrected chi connectivity index (χ4v) is 2.57. The van der Waals surface area contributed by atoms with Crippen molar-refractivity contribution >= 4 is 0 Å². The Hall–Kier alpha value is -0.120. The normalized spacial score (nSPS) is 27.6. The molecule has 0 aromatic carbocycles. The Bertz CT molecular complexity index is 175. The molecule has 0 radical (unpaired) electrons. The van der Waals surface area contributed by atoms with E-state index in [1.165, 1.54) is 12.8 Å². The highest BCUT2D eigenvalue weighted by molar-refractivity contribution is 4.83. The summed E-state index contributed by atoms with van der Waals surface area (Å²) in [6.45, 7) is 10.3. The van der Waals surface area contributed by atoms with Crippen LogP contribution >= 0.6 is 0 Å². The monoisotopic (exact) mass is 214 g/mol. The van der Waals surface area contributed by atoms with Gasteiger partial charge in [-0.05, 0) is 19.3 Å². The van der Waals surface area contributed by atoms with Crippen molar-refractivity contribution in [2.75, 3.05) is 26.3 Å². The first kappa shape index (κ1) is 12.9. The van der Waals surface area contributed by atoms with Gasteiger partial charge in [-0.1, -0.05) is 20.3 Å². The average molecular weight is 214 g/mol. The topological polar surface area (TPSA) is 38.5 Å². The van der Waals surface area contributed by atoms with Crippen molar-refractivity contribution in [3.8, 4) is 0 Å². The summed E-state index contributed by atoms with van der Waals surface area (Å²) >= 11 is 0. The van der Waals surface area contributed by atoms with Crippen LogP contribution in [0.1, 0.15) is 33.6 Å². The summed E-state index contributed by atoms with van der Waals surface area (Å²) in [5.74, 6) is 0.695. The van der Waals surface area contributed by atoms with E-state index in [9.17, 15) is 0 Å². The van der Waals surface area contributed by atoms with Gasteiger partial charge in [0, 0.05) is 25.2 Å². The molecule has 0 bridgehead atoms. The van der Waals surface area contributed by atoms with Gasteiger partial charge in [0.05, 0.1) is 13.2 Å². The Balaban J connectivity index is 2.54. The van der Waals surface area contributed by atoms with Crippen molar-refractivity contribution in [1.29, 1.82) is 0 Å². The molecule has 3 nitrogen and oxygen atoms in total. The lowest BCUT2D eigenvalue weighted by molar-refractivity contribution is -0.0317. The van der Waals surface area contributed by atoms with Crippen molar-refractivity contribution in [1.82, 2.24) is 4.90 Å². The molecule has 0 aliphatic carbocycles. The second kappa shape index (κ2) is 6.46. The molecule has 1 rings (SSSR count). The van der Waals surface area contributed by atoms with E-state index in [1.807, 2.05) is 0 Å². The number of morpholine rings is 1. The molecule has 0 amide bonds. The molecule has 15 heavy (non-hydrogen) atoms. The molecule has 0 aromatic heterocycles. The standard InChI is InChI=1S/C12H26N2O/c1-4-5-10(2)12(8-13)14-6-7-15-9-11(14)3/h10-12H,4-9,13H2,1-3H3. The summed E-state index contributed by atoms with van der Waals surface area (Å²) in [7, 11) is 0. The van der Waals surface area contributed by atoms with Crippen LogP contribution in [-0.4, -0.2) is 43.3 Å². The van der Waals surface area contributed by atoms with Crippen LogP contribution < -0.4 is 5.73 Å². The number of ether oxygens (including phenoxy) is 1. The van der Waals surface area contributed by atoms with Gasteiger partial charge in [-0.2, -0.15) is 0 Å². The summed E-state index contributed by atoms with van der Waals surface area (Å²) in [4.78, 5) is 2.53. The minimum absolute atomic E-state index is 0.520. The second-order valence-corrected chi connectivity index (χ2v) is 4.73. The fourth-order valence-electron chi connectivity index (χ4n) is 2.57. The molecule has 1 aliphatic heterocycles. The largest absolute Gasteiger partial charge is 0.379 e. The summed E-state index contributed by atoms with van der Waals surface area (Å²) in [6.07, 6.45) is 2.52. The highest BCUT2D eigenvalue weighted by atomic mass is 16.5. The molecule has 1 saturated heterocycles. The van der Waals surface area contributed by atoms with E-state index in [-0.39, 0.29) is 0 Å². The van der Waals surface area contributed by atoms with E-state index >= 15 is 0 Å². The zero-order valence-corrected chi connectivity index (χ0v) is 10.4. The third-order valence-corrected chi connectivity index (χ3v) is 3.49. The van der Waals surface area contributed by atoms with Crippen molar-refractivity contribution in [2.45, 2.75) is 45.7 Å². The summed E-state index contributed by atoms with van der Waals surface area (Å²) in [5.41, 5.74) is 5.91. The number of hydrogen-bond donors (Lipinski definition) is 1. The SMILES string of the molecule is CCCC(C)C(CN)N1CCOCC1C. The van der Waals surface area contributed by atoms with Gasteiger partial charge in [-0.25, -0.2) is 0 Å². The first-order chi connectivity index (χ1) is 7.20. The fraction of sp³-hybridized carbons (Fsp3) is 1.00. The van der Waals surface area contributed by atoms with Gasteiger partial charge in [0.2, 0.25) is 0 Å². The van der Waals surface area contributed by atoms with Gasteiger partial charge in [0.25, 0.3) is 0 Å². The van der Waals surface area contributed by atoms with Crippen molar-refractivity contribution in [3.63, 3.8) is 0 Å². The van der Waals surface area contributed by atoms with Crippen LogP contribution in [0, 0.1) is 5.92 Å². The maximum absolute atomic E-state index is 5.91. The smallest absolute Gasteiger partial charge is 0.0619 e. The van der Waals surface area contributed by atoms with Gasteiger partial charge >= 0.3 is 0 Å². The Morgan fingerprint density at radius 1 is 1.53 bits per heavy atom. The molecule has 0 saturated carbocycles. The molecule has 3 atom stereocenters. The van der Waals surface area contributed by atoms with Gasteiger partial charge in [-0.15, -0.1) is 0 Å². The zero-order valence-electron chi connectivity index (χ0n) is 10.4. The molecule has 0 aromatic rings. The maximum Gasteiger partial charge on any atom is 0.0619 e. The third kappa shape index (κ3) is 3.44. The van der Waals surface area contributed by atoms with Gasteiger partial charge in [0.1, 0.15) is 0 Å².